The molecule has 31 heteroatoms. The number of aliphatic hydroxyl groups is 2. The number of aliphatic carboxylic acids is 1. The van der Waals surface area contributed by atoms with Crippen LogP contribution in [0.5, 0.6) is 5.75 Å². The molecule has 2 bridgehead atoms. The molecule has 4 saturated heterocycles. The third kappa shape index (κ3) is 28.3. The van der Waals surface area contributed by atoms with E-state index >= 15 is 19.2 Å². The summed E-state index contributed by atoms with van der Waals surface area (Å²) in [5, 5.41) is 84.6. The third-order valence-corrected chi connectivity index (χ3v) is 21.0. The van der Waals surface area contributed by atoms with Crippen molar-refractivity contribution in [1.82, 2.24) is 42.5 Å². The van der Waals surface area contributed by atoms with Crippen molar-refractivity contribution in [3.8, 4) is 5.75 Å². The number of carboxylic acids is 1. The Bertz CT molecular complexity index is 3280. The number of allylic oxidation sites excluding steroid dienone is 2. The number of phenols is 1. The van der Waals surface area contributed by atoms with Crippen LogP contribution in [0.1, 0.15) is 100 Å². The van der Waals surface area contributed by atoms with Gasteiger partial charge >= 0.3 is 5.97 Å². The average molecular weight is 1520 g/mol. The van der Waals surface area contributed by atoms with Crippen molar-refractivity contribution in [2.24, 2.45) is 29.2 Å². The molecule has 8 rings (SSSR count). The Labute approximate surface area is 621 Å². The molecule has 5 aliphatic rings. The summed E-state index contributed by atoms with van der Waals surface area (Å²) in [4.78, 5) is 145. The first-order valence-corrected chi connectivity index (χ1v) is 37.7. The fraction of sp³-hybridized carbons (Fsp3) is 0.583. The SMILES string of the molecule is CC(O)[C@H](CC(=O)[C@@H]1CSSC[C@H](CC(=O)[C@@H](Cc2ccccc2)NC(=O)CCCC(=O)NC23C[N-]CC[N-]CC(N)(C[N-]CC[N-]C2)CNCCNC3)C(=O)N[C@@H](Cc2ccc(O)cc2)C(=O)C[C@H](CC2=CCc3ccccc32)C(=O)N[C@@H](CCCCN)C(=O)N[C@@H](C(C)O)C(=O)N1)C(=O)O.[Cu]. The first-order chi connectivity index (χ1) is 48.9. The number of hydrogen-bond acceptors (Lipinski definition) is 19. The van der Waals surface area contributed by atoms with Crippen LogP contribution in [0.15, 0.2) is 84.9 Å². The molecule has 103 heavy (non-hydrogen) atoms. The van der Waals surface area contributed by atoms with Gasteiger partial charge in [0, 0.05) is 98.3 Å². The molecule has 6 amide bonds. The van der Waals surface area contributed by atoms with Gasteiger partial charge in [-0.2, -0.15) is 26.2 Å². The minimum atomic E-state index is -1.75. The molecule has 4 heterocycles. The van der Waals surface area contributed by atoms with Crippen molar-refractivity contribution in [3.63, 3.8) is 0 Å². The van der Waals surface area contributed by atoms with E-state index in [0.717, 1.165) is 38.3 Å². The van der Waals surface area contributed by atoms with Crippen LogP contribution in [0.25, 0.3) is 26.8 Å². The van der Waals surface area contributed by atoms with Crippen LogP contribution in [0, 0.1) is 17.8 Å². The van der Waals surface area contributed by atoms with Crippen LogP contribution >= 0.6 is 21.6 Å². The topological polar surface area (TPSA) is 456 Å². The van der Waals surface area contributed by atoms with Crippen LogP contribution < -0.4 is 54.0 Å². The second-order valence-electron chi connectivity index (χ2n) is 27.1. The van der Waals surface area contributed by atoms with E-state index in [9.17, 15) is 49.2 Å². The zero-order chi connectivity index (χ0) is 73.6. The number of hydrogen-bond donors (Lipinski definition) is 14. The number of rotatable bonds is 25. The molecule has 4 aliphatic heterocycles. The summed E-state index contributed by atoms with van der Waals surface area (Å²) >= 11 is 0. The van der Waals surface area contributed by atoms with E-state index in [1.54, 1.807) is 42.5 Å². The molecule has 1 radical (unpaired) electrons. The van der Waals surface area contributed by atoms with E-state index in [4.69, 9.17) is 22.1 Å². The predicted molar refractivity (Wildman–Crippen MR) is 392 cm³/mol. The van der Waals surface area contributed by atoms with Gasteiger partial charge in [-0.3, -0.25) is 47.9 Å². The number of nitrogens with one attached hydrogen (secondary N) is 8. The minimum absolute atomic E-state index is 0. The van der Waals surface area contributed by atoms with E-state index in [2.05, 4.69) is 53.2 Å². The van der Waals surface area contributed by atoms with Crippen LogP contribution in [0.2, 0.25) is 0 Å². The van der Waals surface area contributed by atoms with Crippen LogP contribution in [-0.2, 0) is 84.3 Å². The summed E-state index contributed by atoms with van der Waals surface area (Å²) in [7, 11) is 1.96. The fourth-order valence-electron chi connectivity index (χ4n) is 12.6. The van der Waals surface area contributed by atoms with Crippen molar-refractivity contribution in [2.75, 3.05) is 96.6 Å². The number of aromatic hydroxyl groups is 1. The molecule has 4 fully saturated rings. The first-order valence-electron chi connectivity index (χ1n) is 35.2. The number of ketones is 3. The maximum atomic E-state index is 15.4. The average Bonchev–Trinajstić information content (AvgIpc) is 1.75. The van der Waals surface area contributed by atoms with Gasteiger partial charge in [0.2, 0.25) is 35.4 Å². The Kier molecular flexibility index (Phi) is 36.2. The van der Waals surface area contributed by atoms with Crippen LogP contribution in [0.3, 0.4) is 0 Å². The smallest absolute Gasteiger partial charge is 0.309 e. The van der Waals surface area contributed by atoms with E-state index < -0.39 is 143 Å². The number of carboxylic acid groups (broad SMARTS) is 1. The van der Waals surface area contributed by atoms with Crippen LogP contribution in [0.4, 0.5) is 0 Å². The Morgan fingerprint density at radius 3 is 1.96 bits per heavy atom. The number of carbonyl (C=O) groups is 10. The largest absolute Gasteiger partial charge is 0.662 e. The Morgan fingerprint density at radius 1 is 0.680 bits per heavy atom. The maximum absolute atomic E-state index is 15.4. The summed E-state index contributed by atoms with van der Waals surface area (Å²) in [6.07, 6.45) is -2.03. The van der Waals surface area contributed by atoms with Crippen molar-refractivity contribution >= 4 is 85.9 Å². The monoisotopic (exact) mass is 1510 g/mol. The van der Waals surface area contributed by atoms with Gasteiger partial charge in [0.1, 0.15) is 17.8 Å². The third-order valence-electron chi connectivity index (χ3n) is 18.5. The molecule has 16 N–H and O–H groups in total. The number of aliphatic hydroxyl groups excluding tert-OH is 2. The standard InChI is InChI=1S/C72H102N14O14S2.Cu/c1-45(87)55(70(99)100)36-62(92)59-38-102-101-37-52(35-61(91)57(31-47-11-4-3-5-12-47)81-63(93)16-10-17-64(94)86-72-42-78-28-25-75-39-71(74,40-76-26-29-79-43-72)41-77-27-30-80-44-72)67(96)83-58(32-48-18-22-53(89)23-19-48)60(90)34-51(33-50-21-20-49-13-6-7-14-54(49)50)66(95)82-56(15-8-9-24-73)68(97)85-65(46(2)88)69(98)84-59;/h3-7,11-14,18-19,21-23,45-46,51-52,55-59,65,75,78,87-89H,8-10,15-17,20,24-44,73-74H2,1-2H3,(H,81,93)(H,82,95)(H,83,96)(H,84,98)(H,85,97)(H,86,94)(H,99,100);/q-4;/t45?,46?,51-,52-,55-,56-,57+,58-,59-,65-,71?,72?;/m0./s1. The molecule has 0 spiro atoms. The predicted octanol–water partition coefficient (Wildman–Crippen LogP) is 2.15. The van der Waals surface area contributed by atoms with Gasteiger partial charge in [0.15, 0.2) is 17.3 Å². The first kappa shape index (κ1) is 85.2. The zero-order valence-corrected chi connectivity index (χ0v) is 61.2. The van der Waals surface area contributed by atoms with Crippen molar-refractivity contribution in [1.29, 1.82) is 0 Å². The van der Waals surface area contributed by atoms with Gasteiger partial charge in [0.05, 0.1) is 42.2 Å². The molecule has 28 nitrogen and oxygen atoms in total. The van der Waals surface area contributed by atoms with Gasteiger partial charge in [-0.05, 0) is 117 Å². The fourth-order valence-corrected chi connectivity index (χ4v) is 15.1. The van der Waals surface area contributed by atoms with Gasteiger partial charge in [-0.1, -0.05) is 94.4 Å². The summed E-state index contributed by atoms with van der Waals surface area (Å²) in [5.41, 5.74) is 14.8. The zero-order valence-electron chi connectivity index (χ0n) is 58.6. The number of nitrogens with two attached hydrogens (primary N) is 2. The van der Waals surface area contributed by atoms with Crippen molar-refractivity contribution in [3.05, 3.63) is 128 Å². The van der Waals surface area contributed by atoms with Gasteiger partial charge in [0.25, 0.3) is 0 Å². The molecule has 571 valence electrons. The van der Waals surface area contributed by atoms with Gasteiger partial charge < -0.3 is 95.7 Å². The molecule has 0 saturated carbocycles. The summed E-state index contributed by atoms with van der Waals surface area (Å²) in [6.45, 7) is 7.67. The molecule has 2 unspecified atom stereocenters. The van der Waals surface area contributed by atoms with Crippen LogP contribution in [-0.4, -0.2) is 229 Å². The molecule has 10 atom stereocenters. The number of Topliss-reactive ketones (excluding diaryl/α,β-unsaturated/α-hetero) is 3. The molecule has 0 aromatic heterocycles. The van der Waals surface area contributed by atoms with Gasteiger partial charge in [-0.15, -0.1) is 26.2 Å². The number of phenolic OH excluding ortho intramolecular Hbond substituents is 1. The molecule has 3 aromatic rings. The van der Waals surface area contributed by atoms with Gasteiger partial charge in [-0.25, -0.2) is 0 Å². The Morgan fingerprint density at radius 2 is 1.30 bits per heavy atom. The number of benzene rings is 3. The summed E-state index contributed by atoms with van der Waals surface area (Å²) < 4.78 is 0. The number of carbonyl (C=O) groups excluding carboxylic acids is 9. The normalized spacial score (nSPS) is 25.3. The second-order valence-corrected chi connectivity index (χ2v) is 29.7. The number of nitrogens with zero attached hydrogens (tertiary/aromatic N) is 4. The van der Waals surface area contributed by atoms with Crippen molar-refractivity contribution in [2.45, 2.75) is 151 Å². The minimum Gasteiger partial charge on any atom is -0.662 e. The molecular formula is C72H102CuN14O14S2-4. The maximum Gasteiger partial charge on any atom is 0.309 e. The number of unbranched alkanes of at least 4 members (excludes halogenated alkanes) is 1. The summed E-state index contributed by atoms with van der Waals surface area (Å²) in [5.74, 6) is -12.6. The van der Waals surface area contributed by atoms with E-state index in [0.29, 0.717) is 95.8 Å². The van der Waals surface area contributed by atoms with E-state index in [1.807, 2.05) is 30.3 Å². The number of fused-ring (bicyclic) bond motifs is 16. The molecule has 3 aromatic carbocycles. The summed E-state index contributed by atoms with van der Waals surface area (Å²) in [6, 6.07) is 15.1. The van der Waals surface area contributed by atoms with E-state index in [1.165, 1.54) is 26.0 Å². The molecule has 1 aliphatic carbocycles. The molecular weight excluding hydrogens is 1410 g/mol. The second kappa shape index (κ2) is 43.7. The Balaban J connectivity index is 0.0000167. The Hall–Kier alpha value is -6.68. The van der Waals surface area contributed by atoms with E-state index in [-0.39, 0.29) is 105 Å². The number of amides is 6. The quantitative estimate of drug-likeness (QED) is 0.0328. The van der Waals surface area contributed by atoms with Crippen molar-refractivity contribution < 1.29 is 85.4 Å².